The highest BCUT2D eigenvalue weighted by Gasteiger charge is 2.22. The Morgan fingerprint density at radius 2 is 2.12 bits per heavy atom. The minimum atomic E-state index is 0.534. The molecule has 2 N–H and O–H groups in total. The van der Waals surface area contributed by atoms with E-state index < -0.39 is 0 Å². The molecule has 1 fully saturated rings. The quantitative estimate of drug-likeness (QED) is 0.359. The van der Waals surface area contributed by atoms with Gasteiger partial charge in [0.25, 0.3) is 0 Å². The summed E-state index contributed by atoms with van der Waals surface area (Å²) in [4.78, 5) is 6.97. The zero-order valence-corrected chi connectivity index (χ0v) is 16.7. The van der Waals surface area contributed by atoms with Gasteiger partial charge in [0.2, 0.25) is 0 Å². The maximum Gasteiger partial charge on any atom is 0.191 e. The van der Waals surface area contributed by atoms with Crippen molar-refractivity contribution in [2.75, 3.05) is 39.8 Å². The Kier molecular flexibility index (Phi) is 9.56. The SMILES string of the molecule is CN=C(NCCCOCc1ccco1)NCC(CC(C)C)N1CCCC1. The van der Waals surface area contributed by atoms with Crippen LogP contribution in [-0.4, -0.2) is 56.7 Å². The van der Waals surface area contributed by atoms with Crippen LogP contribution in [-0.2, 0) is 11.3 Å². The molecule has 1 saturated heterocycles. The molecule has 6 heteroatoms. The molecule has 1 atom stereocenters. The van der Waals surface area contributed by atoms with E-state index in [2.05, 4.69) is 34.4 Å². The first-order valence-corrected chi connectivity index (χ1v) is 9.97. The number of guanidine groups is 1. The van der Waals surface area contributed by atoms with Gasteiger partial charge in [-0.1, -0.05) is 13.8 Å². The monoisotopic (exact) mass is 364 g/mol. The van der Waals surface area contributed by atoms with Crippen molar-refractivity contribution in [1.82, 2.24) is 15.5 Å². The minimum Gasteiger partial charge on any atom is -0.467 e. The number of hydrogen-bond acceptors (Lipinski definition) is 4. The molecule has 2 rings (SSSR count). The van der Waals surface area contributed by atoms with Gasteiger partial charge in [-0.3, -0.25) is 9.89 Å². The van der Waals surface area contributed by atoms with Crippen LogP contribution in [0.25, 0.3) is 0 Å². The third kappa shape index (κ3) is 7.79. The van der Waals surface area contributed by atoms with Gasteiger partial charge >= 0.3 is 0 Å². The maximum absolute atomic E-state index is 5.60. The van der Waals surface area contributed by atoms with Crippen LogP contribution in [0.3, 0.4) is 0 Å². The van der Waals surface area contributed by atoms with Gasteiger partial charge in [-0.05, 0) is 56.8 Å². The topological polar surface area (TPSA) is 62.0 Å². The van der Waals surface area contributed by atoms with E-state index >= 15 is 0 Å². The van der Waals surface area contributed by atoms with Crippen LogP contribution in [0.5, 0.6) is 0 Å². The van der Waals surface area contributed by atoms with Crippen molar-refractivity contribution >= 4 is 5.96 Å². The Morgan fingerprint density at radius 1 is 1.31 bits per heavy atom. The van der Waals surface area contributed by atoms with Gasteiger partial charge in [0.05, 0.1) is 6.26 Å². The number of rotatable bonds is 11. The summed E-state index contributed by atoms with van der Waals surface area (Å²) in [5.74, 6) is 2.46. The summed E-state index contributed by atoms with van der Waals surface area (Å²) in [7, 11) is 1.83. The first-order chi connectivity index (χ1) is 12.7. The molecule has 148 valence electrons. The van der Waals surface area contributed by atoms with Crippen LogP contribution >= 0.6 is 0 Å². The number of nitrogens with one attached hydrogen (secondary N) is 2. The molecule has 0 saturated carbocycles. The Balaban J connectivity index is 1.61. The largest absolute Gasteiger partial charge is 0.467 e. The fourth-order valence-electron chi connectivity index (χ4n) is 3.40. The van der Waals surface area contributed by atoms with Crippen LogP contribution in [0.1, 0.15) is 45.3 Å². The zero-order chi connectivity index (χ0) is 18.6. The van der Waals surface area contributed by atoms with E-state index in [0.717, 1.165) is 31.2 Å². The predicted octanol–water partition coefficient (Wildman–Crippen LogP) is 2.86. The van der Waals surface area contributed by atoms with Crippen molar-refractivity contribution in [3.63, 3.8) is 0 Å². The van der Waals surface area contributed by atoms with E-state index in [9.17, 15) is 0 Å². The molecule has 1 aromatic heterocycles. The van der Waals surface area contributed by atoms with Gasteiger partial charge in [0.1, 0.15) is 12.4 Å². The highest BCUT2D eigenvalue weighted by Crippen LogP contribution is 2.17. The lowest BCUT2D eigenvalue weighted by Gasteiger charge is -2.29. The number of furan rings is 1. The first-order valence-electron chi connectivity index (χ1n) is 9.97. The van der Waals surface area contributed by atoms with Crippen LogP contribution in [0.4, 0.5) is 0 Å². The molecule has 0 aliphatic carbocycles. The van der Waals surface area contributed by atoms with E-state index in [1.807, 2.05) is 19.2 Å². The smallest absolute Gasteiger partial charge is 0.191 e. The molecule has 0 spiro atoms. The highest BCUT2D eigenvalue weighted by molar-refractivity contribution is 5.79. The van der Waals surface area contributed by atoms with Gasteiger partial charge in [-0.2, -0.15) is 0 Å². The normalized spacial score (nSPS) is 17.0. The lowest BCUT2D eigenvalue weighted by atomic mass is 10.0. The van der Waals surface area contributed by atoms with E-state index in [-0.39, 0.29) is 0 Å². The van der Waals surface area contributed by atoms with E-state index in [4.69, 9.17) is 9.15 Å². The van der Waals surface area contributed by atoms with Crippen molar-refractivity contribution in [3.8, 4) is 0 Å². The molecule has 0 radical (unpaired) electrons. The number of aliphatic imine (C=N–C) groups is 1. The van der Waals surface area contributed by atoms with Crippen molar-refractivity contribution in [3.05, 3.63) is 24.2 Å². The second kappa shape index (κ2) is 12.0. The summed E-state index contributed by atoms with van der Waals surface area (Å²) in [6, 6.07) is 4.40. The lowest BCUT2D eigenvalue weighted by Crippen LogP contribution is -2.47. The molecule has 2 heterocycles. The zero-order valence-electron chi connectivity index (χ0n) is 16.7. The second-order valence-electron chi connectivity index (χ2n) is 7.39. The lowest BCUT2D eigenvalue weighted by molar-refractivity contribution is 0.105. The van der Waals surface area contributed by atoms with Crippen LogP contribution in [0.2, 0.25) is 0 Å². The van der Waals surface area contributed by atoms with Crippen molar-refractivity contribution < 1.29 is 9.15 Å². The van der Waals surface area contributed by atoms with Crippen LogP contribution in [0.15, 0.2) is 27.8 Å². The van der Waals surface area contributed by atoms with E-state index in [1.54, 1.807) is 6.26 Å². The van der Waals surface area contributed by atoms with Crippen LogP contribution in [0, 0.1) is 5.92 Å². The van der Waals surface area contributed by atoms with Gasteiger partial charge < -0.3 is 19.8 Å². The van der Waals surface area contributed by atoms with Gasteiger partial charge in [0, 0.05) is 32.8 Å². The highest BCUT2D eigenvalue weighted by atomic mass is 16.5. The summed E-state index contributed by atoms with van der Waals surface area (Å²) in [5, 5.41) is 6.89. The summed E-state index contributed by atoms with van der Waals surface area (Å²) in [6.07, 6.45) is 6.50. The Morgan fingerprint density at radius 3 is 2.77 bits per heavy atom. The Hall–Kier alpha value is -1.53. The molecule has 1 aliphatic heterocycles. The Labute approximate surface area is 158 Å². The van der Waals surface area contributed by atoms with E-state index in [1.165, 1.54) is 32.4 Å². The molecule has 26 heavy (non-hydrogen) atoms. The van der Waals surface area contributed by atoms with Gasteiger partial charge in [0.15, 0.2) is 5.96 Å². The molecule has 1 aliphatic rings. The minimum absolute atomic E-state index is 0.534. The maximum atomic E-state index is 5.60. The van der Waals surface area contributed by atoms with Gasteiger partial charge in [-0.15, -0.1) is 0 Å². The third-order valence-corrected chi connectivity index (χ3v) is 4.71. The van der Waals surface area contributed by atoms with Crippen molar-refractivity contribution in [1.29, 1.82) is 0 Å². The summed E-state index contributed by atoms with van der Waals surface area (Å²) >= 11 is 0. The predicted molar refractivity (Wildman–Crippen MR) is 106 cm³/mol. The average Bonchev–Trinajstić information content (AvgIpc) is 3.32. The average molecular weight is 365 g/mol. The van der Waals surface area contributed by atoms with Crippen molar-refractivity contribution in [2.45, 2.75) is 52.2 Å². The summed E-state index contributed by atoms with van der Waals surface area (Å²) < 4.78 is 10.8. The van der Waals surface area contributed by atoms with Crippen molar-refractivity contribution in [2.24, 2.45) is 10.9 Å². The molecule has 0 aromatic carbocycles. The fraction of sp³-hybridized carbons (Fsp3) is 0.750. The summed E-state index contributed by atoms with van der Waals surface area (Å²) in [5.41, 5.74) is 0. The van der Waals surface area contributed by atoms with Crippen LogP contribution < -0.4 is 10.6 Å². The molecule has 6 nitrogen and oxygen atoms in total. The van der Waals surface area contributed by atoms with E-state index in [0.29, 0.717) is 25.2 Å². The standard InChI is InChI=1S/C20H36N4O2/c1-17(2)14-18(24-10-4-5-11-24)15-23-20(21-3)22-9-7-12-25-16-19-8-6-13-26-19/h6,8,13,17-18H,4-5,7,9-12,14-16H2,1-3H3,(H2,21,22,23). The number of hydrogen-bond donors (Lipinski definition) is 2. The number of ether oxygens (including phenoxy) is 1. The molecular weight excluding hydrogens is 328 g/mol. The molecule has 1 unspecified atom stereocenters. The molecular formula is C20H36N4O2. The fourth-order valence-corrected chi connectivity index (χ4v) is 3.40. The molecule has 1 aromatic rings. The first kappa shape index (κ1) is 20.8. The number of nitrogens with zero attached hydrogens (tertiary/aromatic N) is 2. The van der Waals surface area contributed by atoms with Gasteiger partial charge in [-0.25, -0.2) is 0 Å². The second-order valence-corrected chi connectivity index (χ2v) is 7.39. The molecule has 0 bridgehead atoms. The number of likely N-dealkylation sites (tertiary alicyclic amines) is 1. The third-order valence-electron chi connectivity index (χ3n) is 4.71. The molecule has 0 amide bonds. The summed E-state index contributed by atoms with van der Waals surface area (Å²) in [6.45, 7) is 10.1. The Bertz CT molecular complexity index is 496.